The molecule has 0 saturated carbocycles. The minimum atomic E-state index is -0.981. The fraction of sp³-hybridized carbons (Fsp3) is 0. The number of hydrogen-bond acceptors (Lipinski definition) is 3. The standard InChI is InChI=1S/C27H15Cl2N3O2/c28-21-12-11-19(13-22(21)29)25-14-18(10-7-16-5-8-17(9-6-16)27(33)34)20(15-30)26-31-23-3-1-2-4-24(23)32(25)26/h1-14H,(H,33,34). The highest BCUT2D eigenvalue weighted by Gasteiger charge is 2.17. The van der Waals surface area contributed by atoms with Crippen molar-refractivity contribution >= 4 is 58.0 Å². The van der Waals surface area contributed by atoms with Crippen LogP contribution in [-0.2, 0) is 0 Å². The van der Waals surface area contributed by atoms with Gasteiger partial charge in [0.2, 0.25) is 0 Å². The SMILES string of the molecule is N#Cc1c(C=Cc2ccc(C(=O)O)cc2)cc(-c2ccc(Cl)c(Cl)c2)n2c1nc1ccccc12. The number of fused-ring (bicyclic) bond motifs is 3. The van der Waals surface area contributed by atoms with Gasteiger partial charge < -0.3 is 5.11 Å². The van der Waals surface area contributed by atoms with Crippen LogP contribution in [0.25, 0.3) is 40.1 Å². The first kappa shape index (κ1) is 21.7. The van der Waals surface area contributed by atoms with Gasteiger partial charge in [-0.3, -0.25) is 4.40 Å². The zero-order valence-electron chi connectivity index (χ0n) is 17.5. The summed E-state index contributed by atoms with van der Waals surface area (Å²) in [5.41, 5.74) is 5.93. The molecule has 2 aromatic heterocycles. The number of carboxylic acids is 1. The van der Waals surface area contributed by atoms with Crippen LogP contribution in [0.2, 0.25) is 10.0 Å². The van der Waals surface area contributed by atoms with Crippen LogP contribution >= 0.6 is 23.2 Å². The van der Waals surface area contributed by atoms with E-state index >= 15 is 0 Å². The summed E-state index contributed by atoms with van der Waals surface area (Å²) in [7, 11) is 0. The molecule has 7 heteroatoms. The number of carboxylic acid groups (broad SMARTS) is 1. The molecular formula is C27H15Cl2N3O2. The molecule has 0 aliphatic rings. The fourth-order valence-electron chi connectivity index (χ4n) is 3.89. The van der Waals surface area contributed by atoms with E-state index in [2.05, 4.69) is 6.07 Å². The number of para-hydroxylation sites is 2. The van der Waals surface area contributed by atoms with Gasteiger partial charge in [-0.15, -0.1) is 0 Å². The lowest BCUT2D eigenvalue weighted by Gasteiger charge is -2.12. The van der Waals surface area contributed by atoms with Gasteiger partial charge in [0.1, 0.15) is 11.6 Å². The number of halogens is 2. The van der Waals surface area contributed by atoms with Crippen LogP contribution < -0.4 is 0 Å². The quantitative estimate of drug-likeness (QED) is 0.293. The van der Waals surface area contributed by atoms with Crippen molar-refractivity contribution in [3.63, 3.8) is 0 Å². The van der Waals surface area contributed by atoms with E-state index in [9.17, 15) is 10.1 Å². The molecule has 5 rings (SSSR count). The number of nitrogens with zero attached hydrogens (tertiary/aromatic N) is 3. The highest BCUT2D eigenvalue weighted by atomic mass is 35.5. The Balaban J connectivity index is 1.75. The Morgan fingerprint density at radius 1 is 0.971 bits per heavy atom. The average molecular weight is 484 g/mol. The maximum atomic E-state index is 11.1. The largest absolute Gasteiger partial charge is 0.478 e. The van der Waals surface area contributed by atoms with E-state index in [1.54, 1.807) is 36.4 Å². The molecule has 2 heterocycles. The summed E-state index contributed by atoms with van der Waals surface area (Å²) in [5, 5.41) is 20.0. The number of hydrogen-bond donors (Lipinski definition) is 1. The summed E-state index contributed by atoms with van der Waals surface area (Å²) < 4.78 is 1.95. The normalized spacial score (nSPS) is 11.3. The second-order valence-electron chi connectivity index (χ2n) is 7.62. The van der Waals surface area contributed by atoms with E-state index in [0.717, 1.165) is 27.9 Å². The summed E-state index contributed by atoms with van der Waals surface area (Å²) in [5.74, 6) is -0.981. The lowest BCUT2D eigenvalue weighted by Crippen LogP contribution is -1.98. The number of pyridine rings is 1. The lowest BCUT2D eigenvalue weighted by atomic mass is 10.0. The Kier molecular flexibility index (Phi) is 5.54. The fourth-order valence-corrected chi connectivity index (χ4v) is 4.19. The van der Waals surface area contributed by atoms with Crippen LogP contribution in [0, 0.1) is 11.3 Å². The van der Waals surface area contributed by atoms with Crippen LogP contribution in [0.15, 0.2) is 72.8 Å². The van der Waals surface area contributed by atoms with Crippen molar-refractivity contribution in [2.45, 2.75) is 0 Å². The van der Waals surface area contributed by atoms with Gasteiger partial charge in [-0.1, -0.05) is 65.7 Å². The Labute approximate surface area is 204 Å². The van der Waals surface area contributed by atoms with Gasteiger partial charge >= 0.3 is 5.97 Å². The molecule has 0 radical (unpaired) electrons. The number of nitriles is 1. The molecular weight excluding hydrogens is 469 g/mol. The summed E-state index contributed by atoms with van der Waals surface area (Å²) in [6, 6.07) is 23.8. The summed E-state index contributed by atoms with van der Waals surface area (Å²) >= 11 is 12.5. The first-order valence-corrected chi connectivity index (χ1v) is 11.0. The van der Waals surface area contributed by atoms with E-state index in [4.69, 9.17) is 33.3 Å². The molecule has 1 N–H and O–H groups in total. The van der Waals surface area contributed by atoms with Crippen LogP contribution in [0.1, 0.15) is 27.0 Å². The van der Waals surface area contributed by atoms with Crippen LogP contribution in [0.4, 0.5) is 0 Å². The van der Waals surface area contributed by atoms with E-state index < -0.39 is 5.97 Å². The highest BCUT2D eigenvalue weighted by molar-refractivity contribution is 6.42. The van der Waals surface area contributed by atoms with Crippen molar-refractivity contribution in [2.75, 3.05) is 0 Å². The molecule has 5 nitrogen and oxygen atoms in total. The Hall–Kier alpha value is -4.11. The monoisotopic (exact) mass is 483 g/mol. The van der Waals surface area contributed by atoms with E-state index in [-0.39, 0.29) is 5.56 Å². The van der Waals surface area contributed by atoms with Gasteiger partial charge in [-0.2, -0.15) is 5.26 Å². The molecule has 0 atom stereocenters. The minimum Gasteiger partial charge on any atom is -0.478 e. The highest BCUT2D eigenvalue weighted by Crippen LogP contribution is 2.34. The second kappa shape index (κ2) is 8.68. The van der Waals surface area contributed by atoms with Crippen molar-refractivity contribution in [1.82, 2.24) is 9.38 Å². The van der Waals surface area contributed by atoms with Gasteiger partial charge in [0.25, 0.3) is 0 Å². The van der Waals surface area contributed by atoms with Gasteiger partial charge in [0.05, 0.1) is 32.3 Å². The number of rotatable bonds is 4. The van der Waals surface area contributed by atoms with Crippen molar-refractivity contribution in [2.24, 2.45) is 0 Å². The molecule has 0 bridgehead atoms. The van der Waals surface area contributed by atoms with Gasteiger partial charge in [-0.25, -0.2) is 9.78 Å². The molecule has 0 aliphatic carbocycles. The lowest BCUT2D eigenvalue weighted by molar-refractivity contribution is 0.0697. The molecule has 0 fully saturated rings. The predicted molar refractivity (Wildman–Crippen MR) is 135 cm³/mol. The summed E-state index contributed by atoms with van der Waals surface area (Å²) in [4.78, 5) is 15.9. The molecule has 3 aromatic carbocycles. The second-order valence-corrected chi connectivity index (χ2v) is 8.44. The Bertz CT molecular complexity index is 1660. The molecule has 164 valence electrons. The number of carbonyl (C=O) groups is 1. The molecule has 0 unspecified atom stereocenters. The van der Waals surface area contributed by atoms with Gasteiger partial charge in [0.15, 0.2) is 5.65 Å². The van der Waals surface area contributed by atoms with E-state index in [1.165, 1.54) is 0 Å². The van der Waals surface area contributed by atoms with E-state index in [1.807, 2.05) is 53.0 Å². The van der Waals surface area contributed by atoms with Crippen molar-refractivity contribution in [1.29, 1.82) is 5.26 Å². The van der Waals surface area contributed by atoms with Gasteiger partial charge in [-0.05, 0) is 53.6 Å². The van der Waals surface area contributed by atoms with E-state index in [0.29, 0.717) is 26.8 Å². The Morgan fingerprint density at radius 3 is 2.44 bits per heavy atom. The third kappa shape index (κ3) is 3.80. The van der Waals surface area contributed by atoms with Crippen molar-refractivity contribution in [3.05, 3.63) is 105 Å². The average Bonchev–Trinajstić information content (AvgIpc) is 3.23. The number of aromatic nitrogens is 2. The topological polar surface area (TPSA) is 78.4 Å². The summed E-state index contributed by atoms with van der Waals surface area (Å²) in [6.45, 7) is 0. The smallest absolute Gasteiger partial charge is 0.335 e. The zero-order chi connectivity index (χ0) is 23.8. The first-order valence-electron chi connectivity index (χ1n) is 10.3. The third-order valence-electron chi connectivity index (χ3n) is 5.55. The van der Waals surface area contributed by atoms with Crippen LogP contribution in [-0.4, -0.2) is 20.5 Å². The predicted octanol–water partition coefficient (Wildman–Crippen LogP) is 7.20. The first-order chi connectivity index (χ1) is 16.5. The molecule has 5 aromatic rings. The van der Waals surface area contributed by atoms with Crippen molar-refractivity contribution < 1.29 is 9.90 Å². The van der Waals surface area contributed by atoms with Gasteiger partial charge in [0, 0.05) is 5.56 Å². The number of imidazole rings is 1. The maximum absolute atomic E-state index is 11.1. The molecule has 0 saturated heterocycles. The minimum absolute atomic E-state index is 0.210. The van der Waals surface area contributed by atoms with Crippen LogP contribution in [0.3, 0.4) is 0 Å². The molecule has 0 spiro atoms. The Morgan fingerprint density at radius 2 is 1.74 bits per heavy atom. The number of aromatic carboxylic acids is 1. The summed E-state index contributed by atoms with van der Waals surface area (Å²) in [6.07, 6.45) is 3.66. The zero-order valence-corrected chi connectivity index (χ0v) is 19.0. The number of benzene rings is 3. The third-order valence-corrected chi connectivity index (χ3v) is 6.29. The van der Waals surface area contributed by atoms with Crippen molar-refractivity contribution in [3.8, 4) is 17.3 Å². The molecule has 34 heavy (non-hydrogen) atoms. The van der Waals surface area contributed by atoms with Crippen LogP contribution in [0.5, 0.6) is 0 Å². The molecule has 0 aliphatic heterocycles. The maximum Gasteiger partial charge on any atom is 0.335 e. The molecule has 0 amide bonds.